The Morgan fingerprint density at radius 3 is 1.53 bits per heavy atom. The van der Waals surface area contributed by atoms with Gasteiger partial charge in [0.15, 0.2) is 6.00 Å². The molecule has 1 nitrogen and oxygen atoms in total. The van der Waals surface area contributed by atoms with Crippen molar-refractivity contribution in [2.75, 3.05) is 25.6 Å². The van der Waals surface area contributed by atoms with E-state index in [0.29, 0.717) is 0 Å². The molecule has 0 unspecified atom stereocenters. The van der Waals surface area contributed by atoms with Crippen LogP contribution in [-0.2, 0) is 0 Å². The van der Waals surface area contributed by atoms with E-state index in [-0.39, 0.29) is 0 Å². The van der Waals surface area contributed by atoms with Gasteiger partial charge in [-0.1, -0.05) is 58.1 Å². The van der Waals surface area contributed by atoms with E-state index in [2.05, 4.69) is 20.8 Å². The first kappa shape index (κ1) is 17.2. The predicted molar refractivity (Wildman–Crippen MR) is 79.5 cm³/mol. The highest BCUT2D eigenvalue weighted by molar-refractivity contribution is 6.16. The minimum atomic E-state index is 0.812. The van der Waals surface area contributed by atoms with Crippen LogP contribution >= 0.6 is 11.6 Å². The second-order valence-electron chi connectivity index (χ2n) is 5.40. The Morgan fingerprint density at radius 1 is 0.647 bits per heavy atom. The summed E-state index contributed by atoms with van der Waals surface area (Å²) in [5.41, 5.74) is 0. The van der Waals surface area contributed by atoms with Gasteiger partial charge in [0.1, 0.15) is 0 Å². The van der Waals surface area contributed by atoms with E-state index in [1.165, 1.54) is 71.0 Å². The molecule has 104 valence electrons. The van der Waals surface area contributed by atoms with Crippen molar-refractivity contribution in [2.45, 2.75) is 72.1 Å². The summed E-state index contributed by atoms with van der Waals surface area (Å²) in [6, 6.07) is 0.812. The van der Waals surface area contributed by atoms with Crippen molar-refractivity contribution < 1.29 is 4.48 Å². The second-order valence-corrected chi connectivity index (χ2v) is 5.64. The van der Waals surface area contributed by atoms with E-state index in [1.807, 2.05) is 0 Å². The molecular weight excluding hydrogens is 230 g/mol. The summed E-state index contributed by atoms with van der Waals surface area (Å²) in [4.78, 5) is 0. The fourth-order valence-corrected chi connectivity index (χ4v) is 2.73. The van der Waals surface area contributed by atoms with Crippen molar-refractivity contribution in [2.24, 2.45) is 0 Å². The highest BCUT2D eigenvalue weighted by Gasteiger charge is 2.24. The SMILES string of the molecule is CCCCCC[N+](CCl)(CCCC)CCCC. The molecule has 0 N–H and O–H groups in total. The third kappa shape index (κ3) is 8.05. The van der Waals surface area contributed by atoms with E-state index in [1.54, 1.807) is 0 Å². The summed E-state index contributed by atoms with van der Waals surface area (Å²) in [6.07, 6.45) is 10.7. The van der Waals surface area contributed by atoms with Crippen LogP contribution in [0.4, 0.5) is 0 Å². The molecule has 0 aromatic rings. The fourth-order valence-electron chi connectivity index (χ4n) is 2.38. The molecule has 0 aliphatic heterocycles. The van der Waals surface area contributed by atoms with Crippen LogP contribution in [-0.4, -0.2) is 30.1 Å². The maximum absolute atomic E-state index is 6.28. The van der Waals surface area contributed by atoms with Crippen molar-refractivity contribution in [1.82, 2.24) is 0 Å². The van der Waals surface area contributed by atoms with Crippen molar-refractivity contribution >= 4 is 11.6 Å². The molecule has 0 radical (unpaired) electrons. The van der Waals surface area contributed by atoms with Gasteiger partial charge in [0.05, 0.1) is 19.6 Å². The highest BCUT2D eigenvalue weighted by Crippen LogP contribution is 2.16. The quantitative estimate of drug-likeness (QED) is 0.197. The molecule has 0 spiro atoms. The zero-order chi connectivity index (χ0) is 13.0. The van der Waals surface area contributed by atoms with Crippen molar-refractivity contribution in [3.8, 4) is 0 Å². The molecule has 0 aliphatic rings. The average Bonchev–Trinajstić information content (AvgIpc) is 2.37. The summed E-state index contributed by atoms with van der Waals surface area (Å²) >= 11 is 6.28. The van der Waals surface area contributed by atoms with Gasteiger partial charge >= 0.3 is 0 Å². The van der Waals surface area contributed by atoms with Gasteiger partial charge in [0.2, 0.25) is 0 Å². The molecule has 0 saturated carbocycles. The Bertz CT molecular complexity index is 151. The van der Waals surface area contributed by atoms with Crippen LogP contribution in [0, 0.1) is 0 Å². The molecule has 2 heteroatoms. The Labute approximate surface area is 114 Å². The van der Waals surface area contributed by atoms with Gasteiger partial charge in [-0.2, -0.15) is 0 Å². The molecule has 0 heterocycles. The Morgan fingerprint density at radius 2 is 1.12 bits per heavy atom. The minimum absolute atomic E-state index is 0.812. The second kappa shape index (κ2) is 11.3. The van der Waals surface area contributed by atoms with Gasteiger partial charge in [-0.25, -0.2) is 0 Å². The lowest BCUT2D eigenvalue weighted by Crippen LogP contribution is -2.49. The van der Waals surface area contributed by atoms with Crippen LogP contribution in [0.15, 0.2) is 0 Å². The summed E-state index contributed by atoms with van der Waals surface area (Å²) < 4.78 is 1.16. The molecule has 0 rings (SSSR count). The standard InChI is InChI=1S/C15H33ClN/c1-4-7-10-11-14-17(15-16,12-8-5-2)13-9-6-3/h4-15H2,1-3H3/q+1. The lowest BCUT2D eigenvalue weighted by Gasteiger charge is -2.37. The zero-order valence-electron chi connectivity index (χ0n) is 12.3. The number of nitrogens with zero attached hydrogens (tertiary/aromatic N) is 1. The number of halogens is 1. The lowest BCUT2D eigenvalue weighted by atomic mass is 10.1. The predicted octanol–water partition coefficient (Wildman–Crippen LogP) is 5.18. The maximum atomic E-state index is 6.28. The third-order valence-corrected chi connectivity index (χ3v) is 4.22. The molecule has 0 aliphatic carbocycles. The number of quaternary nitrogens is 1. The Hall–Kier alpha value is 0.250. The summed E-state index contributed by atoms with van der Waals surface area (Å²) in [7, 11) is 0. The van der Waals surface area contributed by atoms with Crippen LogP contribution in [0.25, 0.3) is 0 Å². The molecule has 0 saturated heterocycles. The number of rotatable bonds is 12. The fraction of sp³-hybridized carbons (Fsp3) is 1.00. The normalized spacial score (nSPS) is 12.0. The molecular formula is C15H33ClN+. The monoisotopic (exact) mass is 262 g/mol. The highest BCUT2D eigenvalue weighted by atomic mass is 35.5. The molecule has 17 heavy (non-hydrogen) atoms. The first-order valence-corrected chi connectivity index (χ1v) is 8.19. The largest absolute Gasteiger partial charge is 0.311 e. The Balaban J connectivity index is 4.12. The molecule has 0 aromatic heterocycles. The number of alkyl halides is 1. The number of hydrogen-bond donors (Lipinski definition) is 0. The van der Waals surface area contributed by atoms with Gasteiger partial charge in [-0.3, -0.25) is 0 Å². The molecule has 0 fully saturated rings. The third-order valence-electron chi connectivity index (χ3n) is 3.71. The lowest BCUT2D eigenvalue weighted by molar-refractivity contribution is -0.918. The van der Waals surface area contributed by atoms with Crippen LogP contribution < -0.4 is 0 Å². The van der Waals surface area contributed by atoms with Crippen molar-refractivity contribution in [3.63, 3.8) is 0 Å². The first-order chi connectivity index (χ1) is 8.24. The average molecular weight is 263 g/mol. The number of unbranched alkanes of at least 4 members (excludes halogenated alkanes) is 5. The summed E-state index contributed by atoms with van der Waals surface area (Å²) in [5.74, 6) is 0. The van der Waals surface area contributed by atoms with Crippen LogP contribution in [0.2, 0.25) is 0 Å². The van der Waals surface area contributed by atoms with Gasteiger partial charge in [-0.05, 0) is 25.7 Å². The molecule has 0 bridgehead atoms. The van der Waals surface area contributed by atoms with Crippen molar-refractivity contribution in [1.29, 1.82) is 0 Å². The van der Waals surface area contributed by atoms with Crippen LogP contribution in [0.5, 0.6) is 0 Å². The summed E-state index contributed by atoms with van der Waals surface area (Å²) in [6.45, 7) is 10.7. The molecule has 0 amide bonds. The maximum Gasteiger partial charge on any atom is 0.154 e. The van der Waals surface area contributed by atoms with Crippen molar-refractivity contribution in [3.05, 3.63) is 0 Å². The Kier molecular flexibility index (Phi) is 11.5. The van der Waals surface area contributed by atoms with E-state index in [4.69, 9.17) is 11.6 Å². The van der Waals surface area contributed by atoms with Gasteiger partial charge in [0, 0.05) is 0 Å². The minimum Gasteiger partial charge on any atom is -0.311 e. The van der Waals surface area contributed by atoms with Gasteiger partial charge in [-0.15, -0.1) is 0 Å². The number of hydrogen-bond acceptors (Lipinski definition) is 0. The van der Waals surface area contributed by atoms with Crippen LogP contribution in [0.1, 0.15) is 72.1 Å². The van der Waals surface area contributed by atoms with E-state index in [9.17, 15) is 0 Å². The molecule has 0 atom stereocenters. The molecule has 0 aromatic carbocycles. The van der Waals surface area contributed by atoms with E-state index in [0.717, 1.165) is 10.5 Å². The van der Waals surface area contributed by atoms with Crippen LogP contribution in [0.3, 0.4) is 0 Å². The van der Waals surface area contributed by atoms with Gasteiger partial charge in [0.25, 0.3) is 0 Å². The van der Waals surface area contributed by atoms with E-state index >= 15 is 0 Å². The summed E-state index contributed by atoms with van der Waals surface area (Å²) in [5, 5.41) is 0. The first-order valence-electron chi connectivity index (χ1n) is 7.65. The van der Waals surface area contributed by atoms with Gasteiger partial charge < -0.3 is 4.48 Å². The van der Waals surface area contributed by atoms with E-state index < -0.39 is 0 Å². The topological polar surface area (TPSA) is 0 Å². The smallest absolute Gasteiger partial charge is 0.154 e. The zero-order valence-corrected chi connectivity index (χ0v) is 13.1.